The average molecular weight is 1030 g/mol. The third kappa shape index (κ3) is 5.03. The molecule has 0 atom stereocenters. The molecular weight excluding hydrogens is 990 g/mol. The maximum Gasteiger partial charge on any atom is 0.333 e. The summed E-state index contributed by atoms with van der Waals surface area (Å²) in [6.45, 7) is -0.0321. The monoisotopic (exact) mass is 1030 g/mol. The smallest absolute Gasteiger partial charge is 0.333 e. The highest BCUT2D eigenvalue weighted by atomic mass is 15.2. The van der Waals surface area contributed by atoms with Crippen LogP contribution in [0.25, 0.3) is 148 Å². The molecule has 0 N–H and O–H groups in total. The average Bonchev–Trinajstić information content (AvgIpc) is 2.97. The number of nitrogens with zero attached hydrogens (tertiary/aromatic N) is 4. The Morgan fingerprint density at radius 3 is 1.66 bits per heavy atom. The molecule has 0 spiro atoms. The number of hydrogen-bond acceptors (Lipinski definition) is 1. The Morgan fingerprint density at radius 2 is 0.817 bits per heavy atom. The van der Waals surface area contributed by atoms with Crippen LogP contribution in [0.1, 0.15) is 0 Å². The second kappa shape index (κ2) is 14.8. The highest BCUT2D eigenvalue weighted by molar-refractivity contribution is 6.91. The first kappa shape index (κ1) is 42.4. The molecule has 4 aliphatic heterocycles. The molecule has 0 unspecified atom stereocenters. The van der Waals surface area contributed by atoms with E-state index in [4.69, 9.17) is 0 Å². The highest BCUT2D eigenvalue weighted by Crippen LogP contribution is 2.50. The minimum atomic E-state index is -0.0386. The molecular formula is C76H42B2N4. The van der Waals surface area contributed by atoms with Crippen LogP contribution < -0.4 is 26.8 Å². The maximum atomic E-state index is 2.72. The summed E-state index contributed by atoms with van der Waals surface area (Å²) in [5, 5.41) is 17.9. The van der Waals surface area contributed by atoms with Gasteiger partial charge in [-0.05, 0) is 142 Å². The zero-order chi connectivity index (χ0) is 52.8. The van der Waals surface area contributed by atoms with Gasteiger partial charge in [0, 0.05) is 88.3 Å². The van der Waals surface area contributed by atoms with Gasteiger partial charge in [-0.25, -0.2) is 0 Å². The summed E-state index contributed by atoms with van der Waals surface area (Å²) in [6.07, 6.45) is 0. The minimum absolute atomic E-state index is 0.00651. The van der Waals surface area contributed by atoms with Crippen LogP contribution >= 0.6 is 0 Å². The number of fused-ring (bicyclic) bond motifs is 23. The lowest BCUT2D eigenvalue weighted by Crippen LogP contribution is -2.56. The summed E-state index contributed by atoms with van der Waals surface area (Å²) in [5.41, 5.74) is 25.7. The zero-order valence-electron chi connectivity index (χ0n) is 44.2. The summed E-state index contributed by atoms with van der Waals surface area (Å²) < 4.78 is 7.97. The lowest BCUT2D eigenvalue weighted by Gasteiger charge is -2.40. The number of anilines is 3. The molecule has 14 aromatic carbocycles. The van der Waals surface area contributed by atoms with Gasteiger partial charge in [0.15, 0.2) is 0 Å². The van der Waals surface area contributed by atoms with Gasteiger partial charge in [0.1, 0.15) is 0 Å². The molecule has 7 heterocycles. The van der Waals surface area contributed by atoms with Crippen molar-refractivity contribution in [1.29, 1.82) is 0 Å². The molecule has 17 aromatic rings. The zero-order valence-corrected chi connectivity index (χ0v) is 44.2. The van der Waals surface area contributed by atoms with Crippen molar-refractivity contribution in [3.63, 3.8) is 0 Å². The van der Waals surface area contributed by atoms with Crippen LogP contribution in [0.4, 0.5) is 17.1 Å². The molecule has 21 rings (SSSR count). The molecule has 0 fully saturated rings. The van der Waals surface area contributed by atoms with E-state index >= 15 is 0 Å². The van der Waals surface area contributed by atoms with E-state index in [9.17, 15) is 0 Å². The van der Waals surface area contributed by atoms with Gasteiger partial charge >= 0.3 is 13.7 Å². The molecule has 4 nitrogen and oxygen atoms in total. The Kier molecular flexibility index (Phi) is 7.66. The van der Waals surface area contributed by atoms with E-state index in [2.05, 4.69) is 273 Å². The van der Waals surface area contributed by atoms with Crippen molar-refractivity contribution in [2.24, 2.45) is 0 Å². The predicted molar refractivity (Wildman–Crippen MR) is 349 cm³/mol. The number of benzene rings is 14. The fourth-order valence-electron chi connectivity index (χ4n) is 16.5. The van der Waals surface area contributed by atoms with Gasteiger partial charge in [-0.1, -0.05) is 200 Å². The molecule has 3 aromatic heterocycles. The highest BCUT2D eigenvalue weighted by Gasteiger charge is 2.44. The number of rotatable bonds is 2. The van der Waals surface area contributed by atoms with Gasteiger partial charge in [0.05, 0.1) is 11.0 Å². The van der Waals surface area contributed by atoms with Gasteiger partial charge in [-0.2, -0.15) is 0 Å². The first-order valence-electron chi connectivity index (χ1n) is 28.8. The van der Waals surface area contributed by atoms with Crippen molar-refractivity contribution >= 4 is 161 Å². The number of para-hydroxylation sites is 3. The maximum absolute atomic E-state index is 2.72. The molecule has 6 heteroatoms. The quantitative estimate of drug-likeness (QED) is 0.158. The Bertz CT molecular complexity index is 5880. The van der Waals surface area contributed by atoms with Crippen LogP contribution in [0.15, 0.2) is 255 Å². The lowest BCUT2D eigenvalue weighted by molar-refractivity contribution is 1.18. The van der Waals surface area contributed by atoms with E-state index in [1.54, 1.807) is 0 Å². The minimum Gasteiger partial charge on any atom is -0.375 e. The molecule has 82 heavy (non-hydrogen) atoms. The number of hydrogen-bond donors (Lipinski definition) is 0. The molecule has 0 bridgehead atoms. The Hall–Kier alpha value is -10.6. The van der Waals surface area contributed by atoms with Crippen LogP contribution in [0, 0.1) is 0 Å². The third-order valence-electron chi connectivity index (χ3n) is 19.7. The van der Waals surface area contributed by atoms with E-state index in [0.717, 1.165) is 5.69 Å². The molecule has 0 radical (unpaired) electrons. The Balaban J connectivity index is 0.761. The Labute approximate surface area is 470 Å². The summed E-state index contributed by atoms with van der Waals surface area (Å²) in [7, 11) is 0. The lowest BCUT2D eigenvalue weighted by atomic mass is 9.45. The van der Waals surface area contributed by atoms with Crippen LogP contribution in [0.2, 0.25) is 0 Å². The topological polar surface area (TPSA) is 18.0 Å². The van der Waals surface area contributed by atoms with Crippen molar-refractivity contribution in [1.82, 2.24) is 13.5 Å². The number of aromatic nitrogens is 3. The van der Waals surface area contributed by atoms with Crippen LogP contribution in [-0.2, 0) is 0 Å². The third-order valence-corrected chi connectivity index (χ3v) is 19.7. The summed E-state index contributed by atoms with van der Waals surface area (Å²) >= 11 is 0. The second-order valence-corrected chi connectivity index (χ2v) is 23.4. The van der Waals surface area contributed by atoms with Crippen molar-refractivity contribution < 1.29 is 0 Å². The standard InChI is InChI=1S/C76H42B2N4/c1-2-16-45-42-68-61(40-44(45)15-1)77-72-55(58-25-9-24-57-54-20-7-8-28-63(54)81(77)74(57)58)22-12-30-66(72)79(68)50-36-34-46-38-49(33-32-47(46)39-50)52-21-11-29-65-69(52)60-27-10-26-59-56-23-13-31-67-73(56)78(82(65)75(59)60)62-41-48-17-4-6-19-53(48)71-70-51-18-5-3-14-43(51)35-37-64(70)80(67)76(62)71/h1-42H. The molecule has 4 aliphatic rings. The first-order valence-corrected chi connectivity index (χ1v) is 28.8. The molecule has 0 aliphatic carbocycles. The van der Waals surface area contributed by atoms with E-state index in [0.29, 0.717) is 0 Å². The van der Waals surface area contributed by atoms with E-state index in [1.807, 2.05) is 0 Å². The Morgan fingerprint density at radius 1 is 0.268 bits per heavy atom. The fraction of sp³-hybridized carbons (Fsp3) is 0. The fourth-order valence-corrected chi connectivity index (χ4v) is 16.5. The van der Waals surface area contributed by atoms with Crippen molar-refractivity contribution in [2.45, 2.75) is 0 Å². The van der Waals surface area contributed by atoms with Gasteiger partial charge in [0.25, 0.3) is 0 Å². The molecule has 0 amide bonds. The second-order valence-electron chi connectivity index (χ2n) is 23.4. The van der Waals surface area contributed by atoms with E-state index < -0.39 is 0 Å². The summed E-state index contributed by atoms with van der Waals surface area (Å²) in [6, 6.07) is 97.2. The predicted octanol–water partition coefficient (Wildman–Crippen LogP) is 16.6. The van der Waals surface area contributed by atoms with E-state index in [1.165, 1.54) is 181 Å². The van der Waals surface area contributed by atoms with Crippen LogP contribution in [0.3, 0.4) is 0 Å². The largest absolute Gasteiger partial charge is 0.375 e. The van der Waals surface area contributed by atoms with Crippen molar-refractivity contribution in [3.8, 4) is 39.1 Å². The van der Waals surface area contributed by atoms with Crippen LogP contribution in [-0.4, -0.2) is 27.2 Å². The molecule has 0 saturated heterocycles. The van der Waals surface area contributed by atoms with Gasteiger partial charge < -0.3 is 18.4 Å². The summed E-state index contributed by atoms with van der Waals surface area (Å²) in [4.78, 5) is 2.55. The SMILES string of the molecule is c1cc2c3c(c1)N(c1ccc4cc(-c5cccc6c5c5cccc7c5n6B5c6c-7cccc6-n6c7ccc8ccccc8c7c7c8ccccc8cc5c76)ccc4c1)c1cc4ccccc4cc1B3n1c3ccccc3c3cccc-2c31. The van der Waals surface area contributed by atoms with Crippen LogP contribution in [0.5, 0.6) is 0 Å². The van der Waals surface area contributed by atoms with E-state index in [-0.39, 0.29) is 13.7 Å². The first-order chi connectivity index (χ1) is 40.7. The van der Waals surface area contributed by atoms with Gasteiger partial charge in [-0.15, -0.1) is 0 Å². The van der Waals surface area contributed by atoms with Crippen molar-refractivity contribution in [3.05, 3.63) is 255 Å². The van der Waals surface area contributed by atoms with Gasteiger partial charge in [-0.3, -0.25) is 0 Å². The van der Waals surface area contributed by atoms with Crippen molar-refractivity contribution in [2.75, 3.05) is 4.90 Å². The summed E-state index contributed by atoms with van der Waals surface area (Å²) in [5.74, 6) is 0. The molecule has 0 saturated carbocycles. The normalized spacial score (nSPS) is 13.5. The van der Waals surface area contributed by atoms with Gasteiger partial charge in [0.2, 0.25) is 0 Å². The molecule has 372 valence electrons.